The average Bonchev–Trinajstić information content (AvgIpc) is 2.32. The second-order valence-corrected chi connectivity index (χ2v) is 6.08. The Kier molecular flexibility index (Phi) is 8.22. The molecule has 2 unspecified atom stereocenters. The molecule has 0 amide bonds. The Balaban J connectivity index is 4.15. The van der Waals surface area contributed by atoms with Gasteiger partial charge in [-0.15, -0.1) is 0 Å². The van der Waals surface area contributed by atoms with Crippen LogP contribution in [0.5, 0.6) is 0 Å². The van der Waals surface area contributed by atoms with E-state index in [1.165, 1.54) is 6.42 Å². The van der Waals surface area contributed by atoms with E-state index in [9.17, 15) is 5.26 Å². The smallest absolute Gasteiger partial charge is 0.105 e. The molecule has 0 saturated carbocycles. The zero-order chi connectivity index (χ0) is 14.2. The van der Waals surface area contributed by atoms with Gasteiger partial charge in [0.05, 0.1) is 6.07 Å². The summed E-state index contributed by atoms with van der Waals surface area (Å²) in [5.74, 6) is 0.725. The third-order valence-electron chi connectivity index (χ3n) is 3.54. The molecule has 106 valence electrons. The first kappa shape index (κ1) is 17.4. The number of hydrogen-bond donors (Lipinski definition) is 1. The van der Waals surface area contributed by atoms with Crippen LogP contribution in [0.1, 0.15) is 53.9 Å². The highest BCUT2D eigenvalue weighted by Gasteiger charge is 2.23. The first-order valence-electron chi connectivity index (χ1n) is 7.21. The van der Waals surface area contributed by atoms with Crippen molar-refractivity contribution in [3.8, 4) is 6.07 Å². The molecule has 3 nitrogen and oxygen atoms in total. The standard InChI is InChI=1S/C15H31N3/c1-7-9-17-15(5,12-16)8-10-18(6)14(4)11-13(2)3/h13-14,17H,7-11H2,1-6H3. The number of hydrogen-bond acceptors (Lipinski definition) is 3. The summed E-state index contributed by atoms with van der Waals surface area (Å²) in [6.45, 7) is 12.8. The van der Waals surface area contributed by atoms with E-state index in [-0.39, 0.29) is 5.54 Å². The molecule has 0 aromatic carbocycles. The van der Waals surface area contributed by atoms with Gasteiger partial charge in [0.2, 0.25) is 0 Å². The summed E-state index contributed by atoms with van der Waals surface area (Å²) >= 11 is 0. The van der Waals surface area contributed by atoms with Gasteiger partial charge in [0.15, 0.2) is 0 Å². The van der Waals surface area contributed by atoms with Crippen LogP contribution in [-0.2, 0) is 0 Å². The van der Waals surface area contributed by atoms with Crippen molar-refractivity contribution in [2.24, 2.45) is 5.92 Å². The lowest BCUT2D eigenvalue weighted by Crippen LogP contribution is -2.44. The van der Waals surface area contributed by atoms with Gasteiger partial charge in [-0.1, -0.05) is 20.8 Å². The van der Waals surface area contributed by atoms with Gasteiger partial charge in [0.1, 0.15) is 5.54 Å². The summed E-state index contributed by atoms with van der Waals surface area (Å²) in [7, 11) is 2.16. The zero-order valence-electron chi connectivity index (χ0n) is 13.1. The second-order valence-electron chi connectivity index (χ2n) is 6.08. The Morgan fingerprint density at radius 3 is 2.39 bits per heavy atom. The summed E-state index contributed by atoms with van der Waals surface area (Å²) in [5.41, 5.74) is -0.387. The Hall–Kier alpha value is -0.590. The van der Waals surface area contributed by atoms with E-state index in [0.29, 0.717) is 6.04 Å². The van der Waals surface area contributed by atoms with E-state index >= 15 is 0 Å². The molecule has 1 N–H and O–H groups in total. The summed E-state index contributed by atoms with van der Waals surface area (Å²) in [6, 6.07) is 2.99. The minimum atomic E-state index is -0.387. The number of nitrogens with one attached hydrogen (secondary N) is 1. The summed E-state index contributed by atoms with van der Waals surface area (Å²) in [6.07, 6.45) is 3.15. The lowest BCUT2D eigenvalue weighted by atomic mass is 9.98. The first-order chi connectivity index (χ1) is 8.34. The van der Waals surface area contributed by atoms with Crippen LogP contribution in [0.3, 0.4) is 0 Å². The molecule has 0 saturated heterocycles. The maximum absolute atomic E-state index is 9.28. The molecule has 0 fully saturated rings. The van der Waals surface area contributed by atoms with E-state index in [0.717, 1.165) is 31.8 Å². The SMILES string of the molecule is CCCNC(C)(C#N)CCN(C)C(C)CC(C)C. The molecule has 2 atom stereocenters. The largest absolute Gasteiger partial charge is 0.304 e. The normalized spacial score (nSPS) is 16.6. The molecule has 18 heavy (non-hydrogen) atoms. The van der Waals surface area contributed by atoms with Gasteiger partial charge in [0.25, 0.3) is 0 Å². The quantitative estimate of drug-likeness (QED) is 0.686. The maximum Gasteiger partial charge on any atom is 0.105 e. The van der Waals surface area contributed by atoms with E-state index < -0.39 is 0 Å². The lowest BCUT2D eigenvalue weighted by Gasteiger charge is -2.30. The fourth-order valence-corrected chi connectivity index (χ4v) is 2.07. The van der Waals surface area contributed by atoms with E-state index in [4.69, 9.17) is 0 Å². The Morgan fingerprint density at radius 1 is 1.33 bits per heavy atom. The van der Waals surface area contributed by atoms with Crippen LogP contribution in [0.2, 0.25) is 0 Å². The van der Waals surface area contributed by atoms with Crippen molar-refractivity contribution in [3.63, 3.8) is 0 Å². The van der Waals surface area contributed by atoms with Crippen molar-refractivity contribution >= 4 is 0 Å². The van der Waals surface area contributed by atoms with Crippen LogP contribution in [-0.4, -0.2) is 36.6 Å². The van der Waals surface area contributed by atoms with Crippen LogP contribution in [0.25, 0.3) is 0 Å². The third kappa shape index (κ3) is 6.98. The van der Waals surface area contributed by atoms with Gasteiger partial charge >= 0.3 is 0 Å². The Morgan fingerprint density at radius 2 is 1.94 bits per heavy atom. The van der Waals surface area contributed by atoms with Crippen molar-refractivity contribution in [3.05, 3.63) is 0 Å². The van der Waals surface area contributed by atoms with Gasteiger partial charge in [-0.2, -0.15) is 5.26 Å². The van der Waals surface area contributed by atoms with Crippen molar-refractivity contribution in [1.29, 1.82) is 5.26 Å². The molecule has 0 bridgehead atoms. The molecule has 0 aliphatic heterocycles. The number of nitriles is 1. The molecule has 0 aliphatic rings. The molecular formula is C15H31N3. The van der Waals surface area contributed by atoms with Crippen LogP contribution in [0.15, 0.2) is 0 Å². The fraction of sp³-hybridized carbons (Fsp3) is 0.933. The molecule has 0 radical (unpaired) electrons. The van der Waals surface area contributed by atoms with Gasteiger partial charge in [-0.3, -0.25) is 5.32 Å². The first-order valence-corrected chi connectivity index (χ1v) is 7.21. The van der Waals surface area contributed by atoms with Gasteiger partial charge in [0, 0.05) is 12.6 Å². The Bertz CT molecular complexity index is 257. The molecule has 0 rings (SSSR count). The number of rotatable bonds is 9. The minimum Gasteiger partial charge on any atom is -0.304 e. The van der Waals surface area contributed by atoms with Crippen molar-refractivity contribution in [2.75, 3.05) is 20.1 Å². The monoisotopic (exact) mass is 253 g/mol. The summed E-state index contributed by atoms with van der Waals surface area (Å²) in [5, 5.41) is 12.6. The predicted octanol–water partition coefficient (Wildman–Crippen LogP) is 3.02. The van der Waals surface area contributed by atoms with Crippen LogP contribution in [0, 0.1) is 17.2 Å². The molecule has 0 spiro atoms. The highest BCUT2D eigenvalue weighted by Crippen LogP contribution is 2.13. The molecule has 0 heterocycles. The molecular weight excluding hydrogens is 222 g/mol. The summed E-state index contributed by atoms with van der Waals surface area (Å²) in [4.78, 5) is 2.36. The highest BCUT2D eigenvalue weighted by atomic mass is 15.1. The van der Waals surface area contributed by atoms with E-state index in [1.807, 2.05) is 6.92 Å². The molecule has 0 aromatic rings. The average molecular weight is 253 g/mol. The predicted molar refractivity (Wildman–Crippen MR) is 78.5 cm³/mol. The molecule has 0 aliphatic carbocycles. The topological polar surface area (TPSA) is 39.1 Å². The van der Waals surface area contributed by atoms with Crippen molar-refractivity contribution < 1.29 is 0 Å². The summed E-state index contributed by atoms with van der Waals surface area (Å²) < 4.78 is 0. The molecule has 0 aromatic heterocycles. The Labute approximate surface area is 114 Å². The van der Waals surface area contributed by atoms with Crippen molar-refractivity contribution in [1.82, 2.24) is 10.2 Å². The third-order valence-corrected chi connectivity index (χ3v) is 3.54. The van der Waals surface area contributed by atoms with Gasteiger partial charge in [-0.05, 0) is 52.6 Å². The maximum atomic E-state index is 9.28. The highest BCUT2D eigenvalue weighted by molar-refractivity contribution is 5.03. The zero-order valence-corrected chi connectivity index (χ0v) is 13.1. The van der Waals surface area contributed by atoms with Gasteiger partial charge in [-0.25, -0.2) is 0 Å². The van der Waals surface area contributed by atoms with Gasteiger partial charge < -0.3 is 4.90 Å². The number of nitrogens with zero attached hydrogens (tertiary/aromatic N) is 2. The van der Waals surface area contributed by atoms with Crippen LogP contribution in [0.4, 0.5) is 0 Å². The fourth-order valence-electron chi connectivity index (χ4n) is 2.07. The lowest BCUT2D eigenvalue weighted by molar-refractivity contribution is 0.209. The van der Waals surface area contributed by atoms with Crippen molar-refractivity contribution in [2.45, 2.75) is 65.5 Å². The van der Waals surface area contributed by atoms with E-state index in [1.54, 1.807) is 0 Å². The van der Waals surface area contributed by atoms with E-state index in [2.05, 4.69) is 51.0 Å². The van der Waals surface area contributed by atoms with Crippen LogP contribution < -0.4 is 5.32 Å². The van der Waals surface area contributed by atoms with Crippen LogP contribution >= 0.6 is 0 Å². The second kappa shape index (κ2) is 8.50. The minimum absolute atomic E-state index is 0.387. The molecule has 3 heteroatoms.